The molecule has 6 heterocycles. The van der Waals surface area contributed by atoms with Gasteiger partial charge in [-0.25, -0.2) is 14.6 Å². The van der Waals surface area contributed by atoms with Crippen molar-refractivity contribution in [1.29, 1.82) is 5.26 Å². The van der Waals surface area contributed by atoms with E-state index < -0.39 is 0 Å². The van der Waals surface area contributed by atoms with Gasteiger partial charge in [0.15, 0.2) is 11.5 Å². The maximum absolute atomic E-state index is 13.2. The van der Waals surface area contributed by atoms with Crippen LogP contribution in [0.1, 0.15) is 100 Å². The Kier molecular flexibility index (Phi) is 10.7. The van der Waals surface area contributed by atoms with E-state index >= 15 is 0 Å². The number of benzene rings is 1. The van der Waals surface area contributed by atoms with Crippen LogP contribution in [0.2, 0.25) is 0 Å². The highest BCUT2D eigenvalue weighted by atomic mass is 16.2. The van der Waals surface area contributed by atoms with Crippen molar-refractivity contribution in [2.45, 2.75) is 95.1 Å². The van der Waals surface area contributed by atoms with Gasteiger partial charge in [-0.2, -0.15) is 15.0 Å². The van der Waals surface area contributed by atoms with Gasteiger partial charge in [0.1, 0.15) is 11.8 Å². The molecule has 5 aromatic rings. The number of nitrogens with zero attached hydrogens (tertiary/aromatic N) is 9. The lowest BCUT2D eigenvalue weighted by Gasteiger charge is -2.36. The molecule has 1 atom stereocenters. The highest BCUT2D eigenvalue weighted by Gasteiger charge is 2.31. The number of likely N-dealkylation sites (tertiary alicyclic amines) is 1. The lowest BCUT2D eigenvalue weighted by molar-refractivity contribution is -0.134. The van der Waals surface area contributed by atoms with E-state index in [0.29, 0.717) is 47.9 Å². The van der Waals surface area contributed by atoms with Gasteiger partial charge in [0, 0.05) is 65.7 Å². The summed E-state index contributed by atoms with van der Waals surface area (Å²) in [4.78, 5) is 48.7. The fraction of sp³-hybridized carbons (Fsp3) is 0.465. The van der Waals surface area contributed by atoms with Crippen molar-refractivity contribution in [3.63, 3.8) is 0 Å². The number of piperidine rings is 2. The minimum absolute atomic E-state index is 0.0234. The number of hydrogen-bond donors (Lipinski definition) is 3. The quantitative estimate of drug-likeness (QED) is 0.143. The lowest BCUT2D eigenvalue weighted by atomic mass is 9.85. The molecule has 9 rings (SSSR count). The molecular weight excluding hydrogens is 733 g/mol. The van der Waals surface area contributed by atoms with Crippen LogP contribution in [0.15, 0.2) is 61.2 Å². The van der Waals surface area contributed by atoms with Gasteiger partial charge in [-0.05, 0) is 101 Å². The Morgan fingerprint density at radius 3 is 2.47 bits per heavy atom. The van der Waals surface area contributed by atoms with Crippen LogP contribution in [0, 0.1) is 23.2 Å². The van der Waals surface area contributed by atoms with Crippen molar-refractivity contribution in [3.8, 4) is 23.1 Å². The Balaban J connectivity index is 0.774. The molecule has 0 bridgehead atoms. The van der Waals surface area contributed by atoms with Gasteiger partial charge in [0.25, 0.3) is 0 Å². The molecule has 58 heavy (non-hydrogen) atoms. The molecular formula is C43H48N12O3. The van der Waals surface area contributed by atoms with Crippen LogP contribution in [0.5, 0.6) is 0 Å². The van der Waals surface area contributed by atoms with Crippen molar-refractivity contribution >= 4 is 40.1 Å². The van der Waals surface area contributed by atoms with Crippen LogP contribution < -0.4 is 16.0 Å². The molecule has 15 heteroatoms. The number of aromatic nitrogens is 7. The van der Waals surface area contributed by atoms with Gasteiger partial charge in [0.05, 0.1) is 29.9 Å². The van der Waals surface area contributed by atoms with Crippen LogP contribution in [-0.4, -0.2) is 83.0 Å². The Morgan fingerprint density at radius 1 is 0.914 bits per heavy atom. The summed E-state index contributed by atoms with van der Waals surface area (Å²) >= 11 is 0. The molecule has 3 amide bonds. The number of imide groups is 1. The molecule has 1 aromatic carbocycles. The predicted octanol–water partition coefficient (Wildman–Crippen LogP) is 5.90. The molecule has 2 aliphatic carbocycles. The molecule has 1 unspecified atom stereocenters. The van der Waals surface area contributed by atoms with Crippen LogP contribution >= 0.6 is 0 Å². The third kappa shape index (κ3) is 8.06. The van der Waals surface area contributed by atoms with Crippen molar-refractivity contribution < 1.29 is 14.4 Å². The van der Waals surface area contributed by atoms with Crippen molar-refractivity contribution in [3.05, 3.63) is 72.3 Å². The number of carbonyl (C=O) groups is 3. The number of fused-ring (bicyclic) bond motifs is 1. The highest BCUT2D eigenvalue weighted by molar-refractivity contribution is 6.01. The minimum atomic E-state index is -0.334. The Labute approximate surface area is 336 Å². The number of rotatable bonds is 10. The summed E-state index contributed by atoms with van der Waals surface area (Å²) in [6.45, 7) is 2.89. The number of anilines is 2. The molecule has 0 radical (unpaired) electrons. The Morgan fingerprint density at radius 2 is 1.71 bits per heavy atom. The molecule has 298 valence electrons. The second kappa shape index (κ2) is 16.5. The van der Waals surface area contributed by atoms with E-state index in [2.05, 4.69) is 53.5 Å². The van der Waals surface area contributed by atoms with Crippen LogP contribution in [-0.2, 0) is 14.4 Å². The zero-order valence-corrected chi connectivity index (χ0v) is 32.5. The lowest BCUT2D eigenvalue weighted by Crippen LogP contribution is -2.41. The third-order valence-electron chi connectivity index (χ3n) is 12.6. The zero-order valence-electron chi connectivity index (χ0n) is 32.5. The van der Waals surface area contributed by atoms with Crippen LogP contribution in [0.3, 0.4) is 0 Å². The largest absolute Gasteiger partial charge is 0.382 e. The SMILES string of the molecule is N#Cc1cnc2c(cnn2-c2cc(NC3CCCC3)c(-c3cn(C4CCC(CN5CCC(C(=O)Nc6ccc(C7CCC(=O)NC7=O)cc6)CC5)CC4)nn3)cn2)c1. The average Bonchev–Trinajstić information content (AvgIpc) is 4.04. The number of nitriles is 1. The third-order valence-corrected chi connectivity index (χ3v) is 12.6. The van der Waals surface area contributed by atoms with Gasteiger partial charge >= 0.3 is 0 Å². The molecule has 3 N–H and O–H groups in total. The van der Waals surface area contributed by atoms with Crippen LogP contribution in [0.4, 0.5) is 11.4 Å². The first-order valence-electron chi connectivity index (χ1n) is 20.8. The molecule has 15 nitrogen and oxygen atoms in total. The van der Waals surface area contributed by atoms with Crippen molar-refractivity contribution in [2.24, 2.45) is 11.8 Å². The summed E-state index contributed by atoms with van der Waals surface area (Å²) in [5.41, 5.74) is 5.37. The second-order valence-electron chi connectivity index (χ2n) is 16.5. The fourth-order valence-electron chi connectivity index (χ4n) is 9.29. The fourth-order valence-corrected chi connectivity index (χ4v) is 9.29. The van der Waals surface area contributed by atoms with Crippen molar-refractivity contribution in [1.82, 2.24) is 45.0 Å². The van der Waals surface area contributed by atoms with E-state index in [4.69, 9.17) is 4.98 Å². The molecule has 4 aliphatic rings. The zero-order chi connectivity index (χ0) is 39.6. The maximum Gasteiger partial charge on any atom is 0.234 e. The van der Waals surface area contributed by atoms with E-state index in [9.17, 15) is 19.6 Å². The molecule has 2 saturated carbocycles. The first-order valence-corrected chi connectivity index (χ1v) is 20.8. The summed E-state index contributed by atoms with van der Waals surface area (Å²) in [7, 11) is 0. The average molecular weight is 781 g/mol. The second-order valence-corrected chi connectivity index (χ2v) is 16.5. The van der Waals surface area contributed by atoms with Gasteiger partial charge < -0.3 is 15.5 Å². The predicted molar refractivity (Wildman–Crippen MR) is 217 cm³/mol. The minimum Gasteiger partial charge on any atom is -0.382 e. The van der Waals surface area contributed by atoms with E-state index in [0.717, 1.165) is 105 Å². The highest BCUT2D eigenvalue weighted by Crippen LogP contribution is 2.36. The monoisotopic (exact) mass is 780 g/mol. The number of pyridine rings is 2. The summed E-state index contributed by atoms with van der Waals surface area (Å²) in [6.07, 6.45) is 18.7. The number of hydrogen-bond acceptors (Lipinski definition) is 11. The first kappa shape index (κ1) is 37.6. The van der Waals surface area contributed by atoms with E-state index in [1.54, 1.807) is 23.1 Å². The smallest absolute Gasteiger partial charge is 0.234 e. The van der Waals surface area contributed by atoms with Gasteiger partial charge in [-0.1, -0.05) is 30.2 Å². The van der Waals surface area contributed by atoms with Crippen molar-refractivity contribution in [2.75, 3.05) is 30.3 Å². The summed E-state index contributed by atoms with van der Waals surface area (Å²) in [5.74, 6) is 0.472. The Bertz CT molecular complexity index is 2340. The van der Waals surface area contributed by atoms with E-state index in [1.165, 1.54) is 12.8 Å². The van der Waals surface area contributed by atoms with Gasteiger partial charge in [0.2, 0.25) is 17.7 Å². The number of nitrogens with one attached hydrogen (secondary N) is 3. The first-order chi connectivity index (χ1) is 28.4. The molecule has 4 aromatic heterocycles. The van der Waals surface area contributed by atoms with E-state index in [-0.39, 0.29) is 29.6 Å². The standard InChI is InChI=1S/C43H48N12O3/c44-21-28-19-31-23-47-55(41(31)46-22-28)39-20-37(48-32-3-1-2-4-32)36(24-45-39)38-26-54(52-51-38)34-11-5-27(6-12-34)25-53-17-15-30(16-18-53)42(57)49-33-9-7-29(8-10-33)35-13-14-40(56)50-43(35)58/h7-10,19-20,22-24,26-27,30,32,34-35H,1-6,11-18,25H2,(H,45,48)(H,49,57)(H,50,56,58). The van der Waals surface area contributed by atoms with Crippen LogP contribution in [0.25, 0.3) is 28.1 Å². The molecule has 4 fully saturated rings. The maximum atomic E-state index is 13.2. The Hall–Kier alpha value is -6.01. The number of carbonyl (C=O) groups excluding carboxylic acids is 3. The molecule has 2 saturated heterocycles. The topological polar surface area (TPSA) is 189 Å². The molecule has 2 aliphatic heterocycles. The molecule has 0 spiro atoms. The van der Waals surface area contributed by atoms with E-state index in [1.807, 2.05) is 41.2 Å². The number of amides is 3. The summed E-state index contributed by atoms with van der Waals surface area (Å²) in [6, 6.07) is 14.1. The van der Waals surface area contributed by atoms with Gasteiger partial charge in [-0.15, -0.1) is 5.10 Å². The normalized spacial score (nSPS) is 22.2. The summed E-state index contributed by atoms with van der Waals surface area (Å²) < 4.78 is 3.76. The summed E-state index contributed by atoms with van der Waals surface area (Å²) in [5, 5.41) is 33.2. The van der Waals surface area contributed by atoms with Gasteiger partial charge in [-0.3, -0.25) is 19.7 Å².